The molecule has 22 heavy (non-hydrogen) atoms. The summed E-state index contributed by atoms with van der Waals surface area (Å²) in [4.78, 5) is 24.6. The SMILES string of the molecule is CC(C)Oc1ccc(NC(=O)C2(C(=O)NC3CC3)CC2)cc1. The molecular weight excluding hydrogens is 280 g/mol. The molecule has 0 radical (unpaired) electrons. The van der Waals surface area contributed by atoms with Crippen molar-refractivity contribution in [3.63, 3.8) is 0 Å². The molecule has 2 saturated carbocycles. The maximum absolute atomic E-state index is 12.4. The van der Waals surface area contributed by atoms with Gasteiger partial charge in [-0.05, 0) is 63.8 Å². The summed E-state index contributed by atoms with van der Waals surface area (Å²) in [5, 5.41) is 5.78. The van der Waals surface area contributed by atoms with Crippen LogP contribution in [0.15, 0.2) is 24.3 Å². The van der Waals surface area contributed by atoms with Gasteiger partial charge < -0.3 is 15.4 Å². The summed E-state index contributed by atoms with van der Waals surface area (Å²) in [5.41, 5.74) is -0.165. The molecule has 0 atom stereocenters. The largest absolute Gasteiger partial charge is 0.491 e. The number of hydrogen-bond donors (Lipinski definition) is 2. The van der Waals surface area contributed by atoms with Gasteiger partial charge in [-0.2, -0.15) is 0 Å². The van der Waals surface area contributed by atoms with Crippen molar-refractivity contribution < 1.29 is 14.3 Å². The Labute approximate surface area is 130 Å². The van der Waals surface area contributed by atoms with Crippen molar-refractivity contribution in [3.8, 4) is 5.75 Å². The van der Waals surface area contributed by atoms with Crippen LogP contribution in [-0.4, -0.2) is 24.0 Å². The van der Waals surface area contributed by atoms with Gasteiger partial charge in [0, 0.05) is 11.7 Å². The molecule has 3 rings (SSSR count). The Hall–Kier alpha value is -2.04. The number of ether oxygens (including phenoxy) is 1. The van der Waals surface area contributed by atoms with Crippen LogP contribution in [0.5, 0.6) is 5.75 Å². The quantitative estimate of drug-likeness (QED) is 0.793. The fourth-order valence-corrected chi connectivity index (χ4v) is 2.37. The standard InChI is InChI=1S/C17H22N2O3/c1-11(2)22-14-7-5-13(6-8-14)19-16(21)17(9-10-17)15(20)18-12-3-4-12/h5-8,11-12H,3-4,9-10H2,1-2H3,(H,18,20)(H,19,21). The van der Waals surface area contributed by atoms with Gasteiger partial charge in [0.1, 0.15) is 11.2 Å². The molecule has 0 aromatic heterocycles. The van der Waals surface area contributed by atoms with E-state index in [2.05, 4.69) is 10.6 Å². The van der Waals surface area contributed by atoms with Crippen LogP contribution in [0.4, 0.5) is 5.69 Å². The average molecular weight is 302 g/mol. The van der Waals surface area contributed by atoms with Crippen LogP contribution in [0.2, 0.25) is 0 Å². The third-order valence-electron chi connectivity index (χ3n) is 4.02. The number of anilines is 1. The van der Waals surface area contributed by atoms with Crippen LogP contribution in [-0.2, 0) is 9.59 Å². The molecule has 5 heteroatoms. The van der Waals surface area contributed by atoms with Crippen LogP contribution in [0.1, 0.15) is 39.5 Å². The van der Waals surface area contributed by atoms with E-state index in [9.17, 15) is 9.59 Å². The minimum Gasteiger partial charge on any atom is -0.491 e. The zero-order valence-corrected chi connectivity index (χ0v) is 13.0. The van der Waals surface area contributed by atoms with Gasteiger partial charge in [0.25, 0.3) is 0 Å². The van der Waals surface area contributed by atoms with Crippen molar-refractivity contribution in [1.82, 2.24) is 5.32 Å². The van der Waals surface area contributed by atoms with Crippen molar-refractivity contribution >= 4 is 17.5 Å². The van der Waals surface area contributed by atoms with Gasteiger partial charge in [0.15, 0.2) is 0 Å². The Kier molecular flexibility index (Phi) is 3.81. The second-order valence-corrected chi connectivity index (χ2v) is 6.47. The summed E-state index contributed by atoms with van der Waals surface area (Å²) in [5.74, 6) is 0.441. The summed E-state index contributed by atoms with van der Waals surface area (Å²) in [6.07, 6.45) is 3.43. The lowest BCUT2D eigenvalue weighted by Crippen LogP contribution is -2.40. The molecule has 2 amide bonds. The first-order valence-electron chi connectivity index (χ1n) is 7.89. The van der Waals surface area contributed by atoms with E-state index in [0.29, 0.717) is 18.5 Å². The minimum atomic E-state index is -0.851. The van der Waals surface area contributed by atoms with Crippen molar-refractivity contribution in [1.29, 1.82) is 0 Å². The highest BCUT2D eigenvalue weighted by Crippen LogP contribution is 2.47. The molecule has 0 spiro atoms. The van der Waals surface area contributed by atoms with E-state index in [1.54, 1.807) is 12.1 Å². The van der Waals surface area contributed by atoms with Gasteiger partial charge in [-0.15, -0.1) is 0 Å². The van der Waals surface area contributed by atoms with E-state index in [-0.39, 0.29) is 24.0 Å². The normalized spacial score (nSPS) is 18.7. The van der Waals surface area contributed by atoms with E-state index >= 15 is 0 Å². The predicted molar refractivity (Wildman–Crippen MR) is 83.7 cm³/mol. The molecule has 118 valence electrons. The summed E-state index contributed by atoms with van der Waals surface area (Å²) in [6.45, 7) is 3.93. The van der Waals surface area contributed by atoms with Crippen molar-refractivity contribution in [2.24, 2.45) is 5.41 Å². The first-order valence-corrected chi connectivity index (χ1v) is 7.89. The van der Waals surface area contributed by atoms with Gasteiger partial charge in [0.05, 0.1) is 6.10 Å². The Bertz CT molecular complexity index is 572. The van der Waals surface area contributed by atoms with Crippen LogP contribution in [0, 0.1) is 5.41 Å². The Morgan fingerprint density at radius 3 is 2.27 bits per heavy atom. The van der Waals surface area contributed by atoms with E-state index in [4.69, 9.17) is 4.74 Å². The summed E-state index contributed by atoms with van der Waals surface area (Å²) >= 11 is 0. The molecular formula is C17H22N2O3. The van der Waals surface area contributed by atoms with E-state index in [1.165, 1.54) is 0 Å². The Balaban J connectivity index is 1.60. The summed E-state index contributed by atoms with van der Waals surface area (Å²) in [7, 11) is 0. The average Bonchev–Trinajstić information content (AvgIpc) is 3.34. The Morgan fingerprint density at radius 2 is 1.77 bits per heavy atom. The molecule has 2 aliphatic carbocycles. The van der Waals surface area contributed by atoms with Crippen LogP contribution >= 0.6 is 0 Å². The molecule has 1 aromatic carbocycles. The first-order chi connectivity index (χ1) is 10.5. The van der Waals surface area contributed by atoms with Gasteiger partial charge in [0.2, 0.25) is 11.8 Å². The molecule has 2 fully saturated rings. The third kappa shape index (κ3) is 3.24. The molecule has 2 N–H and O–H groups in total. The number of nitrogens with one attached hydrogen (secondary N) is 2. The van der Waals surface area contributed by atoms with Gasteiger partial charge in [-0.3, -0.25) is 9.59 Å². The number of benzene rings is 1. The molecule has 0 saturated heterocycles. The smallest absolute Gasteiger partial charge is 0.240 e. The number of carbonyl (C=O) groups excluding carboxylic acids is 2. The number of hydrogen-bond acceptors (Lipinski definition) is 3. The van der Waals surface area contributed by atoms with Gasteiger partial charge >= 0.3 is 0 Å². The lowest BCUT2D eigenvalue weighted by atomic mass is 10.0. The van der Waals surface area contributed by atoms with Crippen LogP contribution < -0.4 is 15.4 Å². The lowest BCUT2D eigenvalue weighted by molar-refractivity contribution is -0.134. The number of amides is 2. The van der Waals surface area contributed by atoms with Crippen LogP contribution in [0.3, 0.4) is 0 Å². The minimum absolute atomic E-state index is 0.112. The molecule has 5 nitrogen and oxygen atoms in total. The maximum atomic E-state index is 12.4. The zero-order chi connectivity index (χ0) is 15.7. The van der Waals surface area contributed by atoms with Crippen molar-refractivity contribution in [2.75, 3.05) is 5.32 Å². The molecule has 0 aliphatic heterocycles. The van der Waals surface area contributed by atoms with Crippen molar-refractivity contribution in [3.05, 3.63) is 24.3 Å². The first kappa shape index (κ1) is 14.9. The number of carbonyl (C=O) groups is 2. The Morgan fingerprint density at radius 1 is 1.14 bits per heavy atom. The second kappa shape index (κ2) is 5.63. The summed E-state index contributed by atoms with van der Waals surface area (Å²) < 4.78 is 5.57. The third-order valence-corrected chi connectivity index (χ3v) is 4.02. The van der Waals surface area contributed by atoms with E-state index in [1.807, 2.05) is 26.0 Å². The predicted octanol–water partition coefficient (Wildman–Crippen LogP) is 2.47. The van der Waals surface area contributed by atoms with Gasteiger partial charge in [-0.25, -0.2) is 0 Å². The topological polar surface area (TPSA) is 67.4 Å². The number of rotatable bonds is 6. The molecule has 0 heterocycles. The highest BCUT2D eigenvalue weighted by atomic mass is 16.5. The van der Waals surface area contributed by atoms with Crippen molar-refractivity contribution in [2.45, 2.75) is 51.7 Å². The highest BCUT2D eigenvalue weighted by Gasteiger charge is 2.57. The monoisotopic (exact) mass is 302 g/mol. The fraction of sp³-hybridized carbons (Fsp3) is 0.529. The van der Waals surface area contributed by atoms with E-state index in [0.717, 1.165) is 18.6 Å². The lowest BCUT2D eigenvalue weighted by Gasteiger charge is -2.15. The van der Waals surface area contributed by atoms with Gasteiger partial charge in [-0.1, -0.05) is 0 Å². The molecule has 2 aliphatic rings. The zero-order valence-electron chi connectivity index (χ0n) is 13.0. The highest BCUT2D eigenvalue weighted by molar-refractivity contribution is 6.13. The summed E-state index contributed by atoms with van der Waals surface area (Å²) in [6, 6.07) is 7.51. The second-order valence-electron chi connectivity index (χ2n) is 6.47. The molecule has 0 unspecified atom stereocenters. The molecule has 0 bridgehead atoms. The maximum Gasteiger partial charge on any atom is 0.240 e. The van der Waals surface area contributed by atoms with E-state index < -0.39 is 5.41 Å². The molecule has 1 aromatic rings. The van der Waals surface area contributed by atoms with Crippen LogP contribution in [0.25, 0.3) is 0 Å². The fourth-order valence-electron chi connectivity index (χ4n) is 2.37.